The maximum Gasteiger partial charge on any atom is 0.155 e. The first kappa shape index (κ1) is 16.8. The fourth-order valence-corrected chi connectivity index (χ4v) is 7.42. The summed E-state index contributed by atoms with van der Waals surface area (Å²) in [6.07, 6.45) is 8.14. The molecule has 2 N–H and O–H groups in total. The number of carbonyl (C=O) groups is 1. The lowest BCUT2D eigenvalue weighted by atomic mass is 9.46. The lowest BCUT2D eigenvalue weighted by molar-refractivity contribution is -0.119. The van der Waals surface area contributed by atoms with Crippen molar-refractivity contribution >= 4 is 5.78 Å². The van der Waals surface area contributed by atoms with Crippen molar-refractivity contribution in [3.63, 3.8) is 0 Å². The summed E-state index contributed by atoms with van der Waals surface area (Å²) < 4.78 is 0. The molecule has 4 aliphatic carbocycles. The number of allylic oxidation sites excluding steroid dienone is 1. The molecule has 0 radical (unpaired) electrons. The standard InChI is InChI=1S/C21H32O3/c1-12(22)17-11-18(24)19-15-5-4-13-10-14(23)6-8-20(13,2)16(15)7-9-21(17,19)3/h10,12,15-19,22,24H,4-9,11H2,1-3H3/t12-,15+,16-,17+,18-,19+,20-,21+/m0/s1. The van der Waals surface area contributed by atoms with E-state index in [2.05, 4.69) is 13.8 Å². The lowest BCUT2D eigenvalue weighted by Crippen LogP contribution is -2.52. The van der Waals surface area contributed by atoms with Gasteiger partial charge < -0.3 is 10.2 Å². The van der Waals surface area contributed by atoms with E-state index in [0.717, 1.165) is 32.1 Å². The van der Waals surface area contributed by atoms with Gasteiger partial charge in [-0.15, -0.1) is 0 Å². The number of aliphatic hydroxyl groups excluding tert-OH is 2. The number of hydrogen-bond acceptors (Lipinski definition) is 3. The molecule has 3 fully saturated rings. The minimum absolute atomic E-state index is 0.0663. The Balaban J connectivity index is 1.69. The van der Waals surface area contributed by atoms with Gasteiger partial charge >= 0.3 is 0 Å². The zero-order chi connectivity index (χ0) is 17.3. The molecule has 0 aromatic rings. The van der Waals surface area contributed by atoms with Gasteiger partial charge in [0, 0.05) is 6.42 Å². The van der Waals surface area contributed by atoms with Crippen molar-refractivity contribution in [2.45, 2.75) is 77.9 Å². The van der Waals surface area contributed by atoms with Crippen molar-refractivity contribution in [3.8, 4) is 0 Å². The van der Waals surface area contributed by atoms with E-state index in [1.165, 1.54) is 12.0 Å². The van der Waals surface area contributed by atoms with E-state index in [4.69, 9.17) is 0 Å². The van der Waals surface area contributed by atoms with Crippen LogP contribution in [0.5, 0.6) is 0 Å². The van der Waals surface area contributed by atoms with Crippen LogP contribution >= 0.6 is 0 Å². The average molecular weight is 332 g/mol. The summed E-state index contributed by atoms with van der Waals surface area (Å²) in [7, 11) is 0. The second-order valence-electron chi connectivity index (χ2n) is 9.58. The van der Waals surface area contributed by atoms with Crippen LogP contribution in [0.15, 0.2) is 11.6 Å². The number of ketones is 1. The van der Waals surface area contributed by atoms with E-state index >= 15 is 0 Å². The van der Waals surface area contributed by atoms with Crippen LogP contribution < -0.4 is 0 Å². The predicted molar refractivity (Wildman–Crippen MR) is 93.3 cm³/mol. The van der Waals surface area contributed by atoms with E-state index < -0.39 is 0 Å². The number of fused-ring (bicyclic) bond motifs is 5. The first-order valence-corrected chi connectivity index (χ1v) is 9.87. The second kappa shape index (κ2) is 5.41. The van der Waals surface area contributed by atoms with Gasteiger partial charge in [-0.05, 0) is 86.0 Å². The summed E-state index contributed by atoms with van der Waals surface area (Å²) >= 11 is 0. The Bertz CT molecular complexity index is 580. The molecular weight excluding hydrogens is 300 g/mol. The van der Waals surface area contributed by atoms with Crippen LogP contribution in [0.4, 0.5) is 0 Å². The minimum atomic E-state index is -0.340. The van der Waals surface area contributed by atoms with E-state index in [0.29, 0.717) is 30.0 Å². The molecule has 0 aromatic carbocycles. The maximum atomic E-state index is 11.9. The highest BCUT2D eigenvalue weighted by Crippen LogP contribution is 2.66. The third kappa shape index (κ3) is 2.13. The summed E-state index contributed by atoms with van der Waals surface area (Å²) in [5, 5.41) is 21.2. The van der Waals surface area contributed by atoms with Crippen LogP contribution in [-0.4, -0.2) is 28.2 Å². The SMILES string of the molecule is C[C@H](O)[C@H]1C[C@H](O)[C@H]2[C@@H]3CCC4=CC(=O)CC[C@]4(C)[C@H]3CC[C@@]21C. The highest BCUT2D eigenvalue weighted by molar-refractivity contribution is 5.91. The molecular formula is C21H32O3. The third-order valence-corrected chi connectivity index (χ3v) is 8.60. The first-order chi connectivity index (χ1) is 11.3. The highest BCUT2D eigenvalue weighted by atomic mass is 16.3. The quantitative estimate of drug-likeness (QED) is 0.773. The van der Waals surface area contributed by atoms with Crippen LogP contribution in [0.2, 0.25) is 0 Å². The fourth-order valence-electron chi connectivity index (χ4n) is 7.42. The molecule has 4 rings (SSSR count). The molecule has 3 saturated carbocycles. The number of hydrogen-bond donors (Lipinski definition) is 2. The highest BCUT2D eigenvalue weighted by Gasteiger charge is 2.62. The fraction of sp³-hybridized carbons (Fsp3) is 0.857. The summed E-state index contributed by atoms with van der Waals surface area (Å²) in [6, 6.07) is 0. The Morgan fingerprint density at radius 1 is 1.21 bits per heavy atom. The molecule has 134 valence electrons. The van der Waals surface area contributed by atoms with Gasteiger partial charge in [0.05, 0.1) is 12.2 Å². The second-order valence-corrected chi connectivity index (χ2v) is 9.58. The smallest absolute Gasteiger partial charge is 0.155 e. The molecule has 3 nitrogen and oxygen atoms in total. The Kier molecular flexibility index (Phi) is 3.78. The van der Waals surface area contributed by atoms with Gasteiger partial charge in [0.15, 0.2) is 5.78 Å². The molecule has 0 bridgehead atoms. The predicted octanol–water partition coefficient (Wildman–Crippen LogP) is 3.49. The van der Waals surface area contributed by atoms with Crippen molar-refractivity contribution in [1.82, 2.24) is 0 Å². The minimum Gasteiger partial charge on any atom is -0.393 e. The zero-order valence-electron chi connectivity index (χ0n) is 15.3. The molecule has 0 spiro atoms. The molecule has 8 atom stereocenters. The monoisotopic (exact) mass is 332 g/mol. The van der Waals surface area contributed by atoms with Crippen molar-refractivity contribution in [3.05, 3.63) is 11.6 Å². The Morgan fingerprint density at radius 3 is 2.67 bits per heavy atom. The number of aliphatic hydroxyl groups is 2. The molecule has 0 heterocycles. The molecule has 0 saturated heterocycles. The number of rotatable bonds is 1. The summed E-state index contributed by atoms with van der Waals surface area (Å²) in [6.45, 7) is 6.59. The van der Waals surface area contributed by atoms with Crippen LogP contribution in [0.25, 0.3) is 0 Å². The van der Waals surface area contributed by atoms with Gasteiger partial charge in [-0.3, -0.25) is 4.79 Å². The molecule has 0 aromatic heterocycles. The summed E-state index contributed by atoms with van der Waals surface area (Å²) in [5.74, 6) is 1.96. The summed E-state index contributed by atoms with van der Waals surface area (Å²) in [4.78, 5) is 11.9. The largest absolute Gasteiger partial charge is 0.393 e. The van der Waals surface area contributed by atoms with Crippen molar-refractivity contribution in [1.29, 1.82) is 0 Å². The van der Waals surface area contributed by atoms with E-state index in [1.807, 2.05) is 13.0 Å². The lowest BCUT2D eigenvalue weighted by Gasteiger charge is -2.58. The third-order valence-electron chi connectivity index (χ3n) is 8.60. The van der Waals surface area contributed by atoms with Gasteiger partial charge in [-0.2, -0.15) is 0 Å². The number of carbonyl (C=O) groups excluding carboxylic acids is 1. The van der Waals surface area contributed by atoms with E-state index in [9.17, 15) is 15.0 Å². The Labute approximate surface area is 145 Å². The Morgan fingerprint density at radius 2 is 1.96 bits per heavy atom. The van der Waals surface area contributed by atoms with Crippen LogP contribution in [0.1, 0.15) is 65.7 Å². The van der Waals surface area contributed by atoms with Crippen LogP contribution in [-0.2, 0) is 4.79 Å². The molecule has 0 unspecified atom stereocenters. The molecule has 0 amide bonds. The van der Waals surface area contributed by atoms with Gasteiger partial charge in [-0.25, -0.2) is 0 Å². The molecule has 4 aliphatic rings. The van der Waals surface area contributed by atoms with Gasteiger partial charge in [0.25, 0.3) is 0 Å². The first-order valence-electron chi connectivity index (χ1n) is 9.87. The van der Waals surface area contributed by atoms with E-state index in [-0.39, 0.29) is 29.0 Å². The maximum absolute atomic E-state index is 11.9. The summed E-state index contributed by atoms with van der Waals surface area (Å²) in [5.41, 5.74) is 1.60. The topological polar surface area (TPSA) is 57.5 Å². The van der Waals surface area contributed by atoms with Crippen molar-refractivity contribution in [2.24, 2.45) is 34.5 Å². The molecule has 0 aliphatic heterocycles. The normalized spacial score (nSPS) is 52.1. The van der Waals surface area contributed by atoms with Gasteiger partial charge in [0.2, 0.25) is 0 Å². The van der Waals surface area contributed by atoms with Crippen molar-refractivity contribution < 1.29 is 15.0 Å². The van der Waals surface area contributed by atoms with Crippen molar-refractivity contribution in [2.75, 3.05) is 0 Å². The van der Waals surface area contributed by atoms with Crippen LogP contribution in [0.3, 0.4) is 0 Å². The molecule has 3 heteroatoms. The zero-order valence-corrected chi connectivity index (χ0v) is 15.3. The Hall–Kier alpha value is -0.670. The molecule has 24 heavy (non-hydrogen) atoms. The van der Waals surface area contributed by atoms with Crippen LogP contribution in [0, 0.1) is 34.5 Å². The van der Waals surface area contributed by atoms with Gasteiger partial charge in [-0.1, -0.05) is 19.4 Å². The van der Waals surface area contributed by atoms with Gasteiger partial charge in [0.1, 0.15) is 0 Å². The average Bonchev–Trinajstić information content (AvgIpc) is 2.80. The van der Waals surface area contributed by atoms with E-state index in [1.54, 1.807) is 0 Å².